The number of aliphatic hydroxyl groups is 1. The molecule has 2 N–H and O–H groups in total. The van der Waals surface area contributed by atoms with E-state index in [1.807, 2.05) is 0 Å². The molecule has 0 radical (unpaired) electrons. The van der Waals surface area contributed by atoms with Crippen LogP contribution in [0.5, 0.6) is 0 Å². The molecule has 0 amide bonds. The van der Waals surface area contributed by atoms with Gasteiger partial charge in [0.1, 0.15) is 0 Å². The van der Waals surface area contributed by atoms with Gasteiger partial charge in [-0.05, 0) is 19.3 Å². The van der Waals surface area contributed by atoms with Crippen LogP contribution in [0, 0.1) is 5.92 Å². The van der Waals surface area contributed by atoms with Gasteiger partial charge < -0.3 is 10.2 Å². The number of carboxylic acid groups (broad SMARTS) is 1. The third kappa shape index (κ3) is 6.89. The van der Waals surface area contributed by atoms with Crippen molar-refractivity contribution in [3.05, 3.63) is 0 Å². The number of rotatable bonds is 9. The number of hydrogen-bond donors (Lipinski definition) is 2. The van der Waals surface area contributed by atoms with E-state index in [9.17, 15) is 4.79 Å². The summed E-state index contributed by atoms with van der Waals surface area (Å²) in [4.78, 5) is 10.8. The second kappa shape index (κ2) is 9.00. The number of carbonyl (C=O) groups is 1. The number of carboxylic acids is 1. The molecule has 0 aliphatic heterocycles. The lowest BCUT2D eigenvalue weighted by atomic mass is 9.96. The molecular formula is C11H22O3. The first-order valence-electron chi connectivity index (χ1n) is 5.56. The largest absolute Gasteiger partial charge is 0.481 e. The summed E-state index contributed by atoms with van der Waals surface area (Å²) < 4.78 is 0. The Balaban J connectivity index is 3.57. The van der Waals surface area contributed by atoms with Gasteiger partial charge in [-0.15, -0.1) is 0 Å². The molecule has 0 aromatic rings. The summed E-state index contributed by atoms with van der Waals surface area (Å²) in [5.74, 6) is -0.964. The highest BCUT2D eigenvalue weighted by molar-refractivity contribution is 5.69. The molecule has 0 saturated heterocycles. The summed E-state index contributed by atoms with van der Waals surface area (Å²) in [5.41, 5.74) is 0. The van der Waals surface area contributed by atoms with Crippen molar-refractivity contribution >= 4 is 5.97 Å². The normalized spacial score (nSPS) is 12.7. The molecule has 0 fully saturated rings. The fourth-order valence-corrected chi connectivity index (χ4v) is 1.55. The Morgan fingerprint density at radius 2 is 1.79 bits per heavy atom. The summed E-state index contributed by atoms with van der Waals surface area (Å²) in [5, 5.41) is 17.5. The Bertz CT molecular complexity index is 145. The molecule has 0 aromatic carbocycles. The Morgan fingerprint density at radius 1 is 1.14 bits per heavy atom. The van der Waals surface area contributed by atoms with Gasteiger partial charge in [0.25, 0.3) is 0 Å². The highest BCUT2D eigenvalue weighted by atomic mass is 16.4. The molecule has 0 rings (SSSR count). The van der Waals surface area contributed by atoms with E-state index in [4.69, 9.17) is 10.2 Å². The van der Waals surface area contributed by atoms with Gasteiger partial charge in [-0.3, -0.25) is 4.79 Å². The number of hydrogen-bond acceptors (Lipinski definition) is 2. The summed E-state index contributed by atoms with van der Waals surface area (Å²) in [6.07, 6.45) is 6.45. The average Bonchev–Trinajstić information content (AvgIpc) is 2.16. The Hall–Kier alpha value is -0.570. The van der Waals surface area contributed by atoms with Crippen molar-refractivity contribution in [2.24, 2.45) is 5.92 Å². The van der Waals surface area contributed by atoms with Gasteiger partial charge in [0.15, 0.2) is 0 Å². The van der Waals surface area contributed by atoms with Crippen LogP contribution in [-0.2, 0) is 4.79 Å². The second-order valence-corrected chi connectivity index (χ2v) is 3.75. The second-order valence-electron chi connectivity index (χ2n) is 3.75. The van der Waals surface area contributed by atoms with Crippen LogP contribution in [0.15, 0.2) is 0 Å². The summed E-state index contributed by atoms with van der Waals surface area (Å²) in [6.45, 7) is 2.24. The van der Waals surface area contributed by atoms with Gasteiger partial charge in [0, 0.05) is 6.61 Å². The van der Waals surface area contributed by atoms with Crippen molar-refractivity contribution in [1.82, 2.24) is 0 Å². The number of aliphatic hydroxyl groups excluding tert-OH is 1. The summed E-state index contributed by atoms with van der Waals surface area (Å²) in [6, 6.07) is 0. The first-order chi connectivity index (χ1) is 6.72. The first-order valence-corrected chi connectivity index (χ1v) is 5.56. The highest BCUT2D eigenvalue weighted by Gasteiger charge is 2.15. The maximum absolute atomic E-state index is 10.8. The Kier molecular flexibility index (Phi) is 8.64. The molecule has 0 spiro atoms. The summed E-state index contributed by atoms with van der Waals surface area (Å²) >= 11 is 0. The maximum atomic E-state index is 10.8. The quantitative estimate of drug-likeness (QED) is 0.564. The molecule has 0 aliphatic carbocycles. The molecule has 0 aliphatic rings. The monoisotopic (exact) mass is 202 g/mol. The first kappa shape index (κ1) is 13.4. The zero-order valence-electron chi connectivity index (χ0n) is 9.04. The molecule has 0 bridgehead atoms. The fourth-order valence-electron chi connectivity index (χ4n) is 1.55. The molecule has 3 heteroatoms. The molecule has 84 valence electrons. The topological polar surface area (TPSA) is 57.5 Å². The van der Waals surface area contributed by atoms with Crippen LogP contribution in [0.1, 0.15) is 51.9 Å². The van der Waals surface area contributed by atoms with Gasteiger partial charge in [-0.1, -0.05) is 32.6 Å². The lowest BCUT2D eigenvalue weighted by Crippen LogP contribution is -2.14. The lowest BCUT2D eigenvalue weighted by Gasteiger charge is -2.10. The predicted octanol–water partition coefficient (Wildman–Crippen LogP) is 2.43. The standard InChI is InChI=1S/C11H22O3/c1-2-3-4-5-7-10(11(13)14)8-6-9-12/h10,12H,2-9H2,1H3,(H,13,14)/t10-/m0/s1. The molecule has 1 atom stereocenters. The van der Waals surface area contributed by atoms with Crippen LogP contribution >= 0.6 is 0 Å². The van der Waals surface area contributed by atoms with E-state index < -0.39 is 5.97 Å². The smallest absolute Gasteiger partial charge is 0.306 e. The lowest BCUT2D eigenvalue weighted by molar-refractivity contribution is -0.142. The minimum Gasteiger partial charge on any atom is -0.481 e. The van der Waals surface area contributed by atoms with E-state index >= 15 is 0 Å². The van der Waals surface area contributed by atoms with Crippen LogP contribution < -0.4 is 0 Å². The number of aliphatic carboxylic acids is 1. The minimum absolute atomic E-state index is 0.0960. The van der Waals surface area contributed by atoms with Crippen molar-refractivity contribution in [2.45, 2.75) is 51.9 Å². The van der Waals surface area contributed by atoms with Crippen molar-refractivity contribution < 1.29 is 15.0 Å². The van der Waals surface area contributed by atoms with E-state index in [1.165, 1.54) is 12.8 Å². The van der Waals surface area contributed by atoms with E-state index in [1.54, 1.807) is 0 Å². The summed E-state index contributed by atoms with van der Waals surface area (Å²) in [7, 11) is 0. The van der Waals surface area contributed by atoms with Gasteiger partial charge in [-0.2, -0.15) is 0 Å². The Morgan fingerprint density at radius 3 is 2.29 bits per heavy atom. The van der Waals surface area contributed by atoms with E-state index in [2.05, 4.69) is 6.92 Å². The van der Waals surface area contributed by atoms with Crippen LogP contribution in [-0.4, -0.2) is 22.8 Å². The minimum atomic E-state index is -0.713. The predicted molar refractivity (Wildman–Crippen MR) is 56.2 cm³/mol. The van der Waals surface area contributed by atoms with Gasteiger partial charge in [-0.25, -0.2) is 0 Å². The third-order valence-electron chi connectivity index (χ3n) is 2.47. The molecule has 3 nitrogen and oxygen atoms in total. The van der Waals surface area contributed by atoms with Crippen molar-refractivity contribution in [3.63, 3.8) is 0 Å². The molecule has 0 heterocycles. The van der Waals surface area contributed by atoms with Crippen molar-refractivity contribution in [1.29, 1.82) is 0 Å². The zero-order valence-corrected chi connectivity index (χ0v) is 9.04. The van der Waals surface area contributed by atoms with E-state index in [0.29, 0.717) is 12.8 Å². The van der Waals surface area contributed by atoms with Crippen LogP contribution in [0.2, 0.25) is 0 Å². The van der Waals surface area contributed by atoms with Crippen LogP contribution in [0.25, 0.3) is 0 Å². The third-order valence-corrected chi connectivity index (χ3v) is 2.47. The van der Waals surface area contributed by atoms with E-state index in [-0.39, 0.29) is 12.5 Å². The zero-order chi connectivity index (χ0) is 10.8. The molecular weight excluding hydrogens is 180 g/mol. The van der Waals surface area contributed by atoms with Gasteiger partial charge in [0.2, 0.25) is 0 Å². The van der Waals surface area contributed by atoms with Crippen LogP contribution in [0.4, 0.5) is 0 Å². The van der Waals surface area contributed by atoms with E-state index in [0.717, 1.165) is 19.3 Å². The van der Waals surface area contributed by atoms with Gasteiger partial charge >= 0.3 is 5.97 Å². The van der Waals surface area contributed by atoms with Crippen molar-refractivity contribution in [3.8, 4) is 0 Å². The fraction of sp³-hybridized carbons (Fsp3) is 0.909. The molecule has 0 aromatic heterocycles. The number of unbranched alkanes of at least 4 members (excludes halogenated alkanes) is 3. The molecule has 0 unspecified atom stereocenters. The molecule has 0 saturated carbocycles. The molecule has 14 heavy (non-hydrogen) atoms. The van der Waals surface area contributed by atoms with Crippen molar-refractivity contribution in [2.75, 3.05) is 6.61 Å². The van der Waals surface area contributed by atoms with Gasteiger partial charge in [0.05, 0.1) is 5.92 Å². The maximum Gasteiger partial charge on any atom is 0.306 e. The van der Waals surface area contributed by atoms with Crippen LogP contribution in [0.3, 0.4) is 0 Å². The SMILES string of the molecule is CCCCCC[C@@H](CCCO)C(=O)O. The highest BCUT2D eigenvalue weighted by Crippen LogP contribution is 2.16. The average molecular weight is 202 g/mol. The Labute approximate surface area is 86.1 Å².